The molecule has 1 aromatic heterocycles. The Balaban J connectivity index is 2.15. The first-order valence-electron chi connectivity index (χ1n) is 5.65. The number of hydrogen-bond acceptors (Lipinski definition) is 3. The van der Waals surface area contributed by atoms with Crippen molar-refractivity contribution in [3.05, 3.63) is 27.6 Å². The van der Waals surface area contributed by atoms with Gasteiger partial charge in [-0.2, -0.15) is 0 Å². The predicted octanol–water partition coefficient (Wildman–Crippen LogP) is 3.63. The molecule has 92 valence electrons. The van der Waals surface area contributed by atoms with Gasteiger partial charge >= 0.3 is 5.97 Å². The summed E-state index contributed by atoms with van der Waals surface area (Å²) >= 11 is 3.50. The second kappa shape index (κ2) is 5.08. The molecule has 1 aliphatic carbocycles. The van der Waals surface area contributed by atoms with Gasteiger partial charge < -0.3 is 9.15 Å². The largest absolute Gasteiger partial charge is 0.469 e. The zero-order chi connectivity index (χ0) is 12.4. The van der Waals surface area contributed by atoms with Crippen LogP contribution in [0.2, 0.25) is 0 Å². The number of aryl methyl sites for hydroxylation is 1. The van der Waals surface area contributed by atoms with Gasteiger partial charge in [-0.25, -0.2) is 0 Å². The van der Waals surface area contributed by atoms with Crippen LogP contribution < -0.4 is 0 Å². The fourth-order valence-corrected chi connectivity index (χ4v) is 2.38. The van der Waals surface area contributed by atoms with Crippen LogP contribution in [0.5, 0.6) is 0 Å². The van der Waals surface area contributed by atoms with Gasteiger partial charge in [0.25, 0.3) is 0 Å². The molecule has 1 aromatic rings. The van der Waals surface area contributed by atoms with E-state index in [0.717, 1.165) is 29.9 Å². The fourth-order valence-electron chi connectivity index (χ4n) is 1.93. The number of carbonyl (C=O) groups is 1. The minimum atomic E-state index is -0.205. The number of esters is 1. The summed E-state index contributed by atoms with van der Waals surface area (Å²) in [7, 11) is 1.40. The second-order valence-electron chi connectivity index (χ2n) is 4.30. The first-order valence-corrected chi connectivity index (χ1v) is 6.45. The van der Waals surface area contributed by atoms with Gasteiger partial charge in [0.15, 0.2) is 0 Å². The molecule has 0 bridgehead atoms. The van der Waals surface area contributed by atoms with E-state index in [0.29, 0.717) is 6.42 Å². The Morgan fingerprint density at radius 1 is 1.59 bits per heavy atom. The van der Waals surface area contributed by atoms with E-state index in [4.69, 9.17) is 4.42 Å². The van der Waals surface area contributed by atoms with Crippen LogP contribution in [-0.2, 0) is 16.0 Å². The van der Waals surface area contributed by atoms with Crippen molar-refractivity contribution in [3.63, 3.8) is 0 Å². The summed E-state index contributed by atoms with van der Waals surface area (Å²) in [6, 6.07) is 2.02. The molecule has 1 heterocycles. The summed E-state index contributed by atoms with van der Waals surface area (Å²) in [6.07, 6.45) is 4.33. The lowest BCUT2D eigenvalue weighted by Crippen LogP contribution is -2.05. The Bertz CT molecular complexity index is 459. The highest BCUT2D eigenvalue weighted by Gasteiger charge is 2.20. The molecule has 17 heavy (non-hydrogen) atoms. The van der Waals surface area contributed by atoms with Gasteiger partial charge in [0.05, 0.1) is 13.5 Å². The molecular formula is C13H15BrO3. The molecule has 0 spiro atoms. The van der Waals surface area contributed by atoms with Gasteiger partial charge in [-0.05, 0) is 23.0 Å². The number of rotatable bonds is 3. The molecule has 0 aromatic carbocycles. The minimum Gasteiger partial charge on any atom is -0.469 e. The van der Waals surface area contributed by atoms with Gasteiger partial charge in [0.1, 0.15) is 11.5 Å². The zero-order valence-electron chi connectivity index (χ0n) is 9.96. The van der Waals surface area contributed by atoms with Crippen LogP contribution in [0.4, 0.5) is 0 Å². The summed E-state index contributed by atoms with van der Waals surface area (Å²) in [4.78, 5) is 11.2. The third-order valence-electron chi connectivity index (χ3n) is 2.95. The van der Waals surface area contributed by atoms with Crippen molar-refractivity contribution in [1.82, 2.24) is 0 Å². The van der Waals surface area contributed by atoms with Crippen LogP contribution >= 0.6 is 15.9 Å². The van der Waals surface area contributed by atoms with Crippen molar-refractivity contribution in [2.24, 2.45) is 0 Å². The van der Waals surface area contributed by atoms with Crippen LogP contribution in [0.1, 0.15) is 42.8 Å². The highest BCUT2D eigenvalue weighted by Crippen LogP contribution is 2.32. The standard InChI is InChI=1S/C13H15BrO3/c1-8(5-13(15)16-2)12-7-9-6-10(14)3-4-11(9)17-12/h6-8H,3-5H2,1-2H3. The van der Waals surface area contributed by atoms with Gasteiger partial charge in [-0.15, -0.1) is 0 Å². The minimum absolute atomic E-state index is 0.0558. The monoisotopic (exact) mass is 298 g/mol. The number of allylic oxidation sites excluding steroid dienone is 1. The predicted molar refractivity (Wildman–Crippen MR) is 69.0 cm³/mol. The average Bonchev–Trinajstić information content (AvgIpc) is 2.71. The van der Waals surface area contributed by atoms with E-state index < -0.39 is 0 Å². The number of hydrogen-bond donors (Lipinski definition) is 0. The molecule has 0 amide bonds. The summed E-state index contributed by atoms with van der Waals surface area (Å²) < 4.78 is 11.6. The van der Waals surface area contributed by atoms with Crippen molar-refractivity contribution in [1.29, 1.82) is 0 Å². The molecule has 1 atom stereocenters. The maximum absolute atomic E-state index is 11.2. The Kier molecular flexibility index (Phi) is 3.72. The van der Waals surface area contributed by atoms with Crippen molar-refractivity contribution in [2.75, 3.05) is 7.11 Å². The van der Waals surface area contributed by atoms with Crippen LogP contribution in [0.3, 0.4) is 0 Å². The smallest absolute Gasteiger partial charge is 0.306 e. The number of methoxy groups -OCH3 is 1. The third-order valence-corrected chi connectivity index (χ3v) is 3.58. The third kappa shape index (κ3) is 2.80. The summed E-state index contributed by atoms with van der Waals surface area (Å²) in [5.74, 6) is 1.72. The van der Waals surface area contributed by atoms with Gasteiger partial charge in [0.2, 0.25) is 0 Å². The molecule has 0 saturated carbocycles. The van der Waals surface area contributed by atoms with E-state index in [-0.39, 0.29) is 11.9 Å². The van der Waals surface area contributed by atoms with Crippen LogP contribution in [-0.4, -0.2) is 13.1 Å². The van der Waals surface area contributed by atoms with E-state index in [1.807, 2.05) is 13.0 Å². The van der Waals surface area contributed by atoms with E-state index in [1.165, 1.54) is 11.6 Å². The molecule has 0 fully saturated rings. The average molecular weight is 299 g/mol. The van der Waals surface area contributed by atoms with Crippen LogP contribution in [0, 0.1) is 0 Å². The maximum Gasteiger partial charge on any atom is 0.306 e. The van der Waals surface area contributed by atoms with Crippen molar-refractivity contribution in [3.8, 4) is 0 Å². The number of ether oxygens (including phenoxy) is 1. The fraction of sp³-hybridized carbons (Fsp3) is 0.462. The summed E-state index contributed by atoms with van der Waals surface area (Å²) in [5.41, 5.74) is 1.12. The normalized spacial score (nSPS) is 16.1. The summed E-state index contributed by atoms with van der Waals surface area (Å²) in [5, 5.41) is 0. The number of fused-ring (bicyclic) bond motifs is 1. The number of furan rings is 1. The molecule has 0 radical (unpaired) electrons. The van der Waals surface area contributed by atoms with E-state index in [2.05, 4.69) is 26.7 Å². The molecular weight excluding hydrogens is 284 g/mol. The van der Waals surface area contributed by atoms with Crippen molar-refractivity contribution < 1.29 is 13.9 Å². The highest BCUT2D eigenvalue weighted by molar-refractivity contribution is 9.11. The lowest BCUT2D eigenvalue weighted by Gasteiger charge is -2.07. The van der Waals surface area contributed by atoms with E-state index in [1.54, 1.807) is 0 Å². The molecule has 1 unspecified atom stereocenters. The van der Waals surface area contributed by atoms with E-state index in [9.17, 15) is 4.79 Å². The second-order valence-corrected chi connectivity index (χ2v) is 5.32. The molecule has 3 nitrogen and oxygen atoms in total. The number of carbonyl (C=O) groups excluding carboxylic acids is 1. The molecule has 4 heteroatoms. The van der Waals surface area contributed by atoms with E-state index >= 15 is 0 Å². The molecule has 0 aliphatic heterocycles. The molecule has 2 rings (SSSR count). The SMILES string of the molecule is COC(=O)CC(C)c1cc2c(o1)CCC(Br)=C2. The van der Waals surface area contributed by atoms with Crippen LogP contribution in [0.15, 0.2) is 15.0 Å². The summed E-state index contributed by atoms with van der Waals surface area (Å²) in [6.45, 7) is 1.97. The Labute approximate surface area is 109 Å². The maximum atomic E-state index is 11.2. The first kappa shape index (κ1) is 12.4. The molecule has 1 aliphatic rings. The van der Waals surface area contributed by atoms with Crippen molar-refractivity contribution >= 4 is 28.0 Å². The van der Waals surface area contributed by atoms with Crippen molar-refractivity contribution in [2.45, 2.75) is 32.1 Å². The Hall–Kier alpha value is -1.03. The Morgan fingerprint density at radius 2 is 2.35 bits per heavy atom. The Morgan fingerprint density at radius 3 is 3.06 bits per heavy atom. The molecule has 0 saturated heterocycles. The zero-order valence-corrected chi connectivity index (χ0v) is 11.5. The molecule has 0 N–H and O–H groups in total. The number of halogens is 1. The van der Waals surface area contributed by atoms with Crippen LogP contribution in [0.25, 0.3) is 6.08 Å². The van der Waals surface area contributed by atoms with Gasteiger partial charge in [-0.1, -0.05) is 22.9 Å². The topological polar surface area (TPSA) is 39.4 Å². The lowest BCUT2D eigenvalue weighted by molar-refractivity contribution is -0.141. The van der Waals surface area contributed by atoms with Gasteiger partial charge in [-0.3, -0.25) is 4.79 Å². The first-order chi connectivity index (χ1) is 8.10. The highest BCUT2D eigenvalue weighted by atomic mass is 79.9. The quantitative estimate of drug-likeness (QED) is 0.800. The van der Waals surface area contributed by atoms with Gasteiger partial charge in [0, 0.05) is 17.9 Å². The lowest BCUT2D eigenvalue weighted by atomic mass is 10.0.